The number of ether oxygens (including phenoxy) is 1. The minimum absolute atomic E-state index is 0.0442. The monoisotopic (exact) mass is 427 g/mol. The molecule has 2 N–H and O–H groups in total. The third-order valence-electron chi connectivity index (χ3n) is 4.99. The van der Waals surface area contributed by atoms with Crippen LogP contribution in [0.15, 0.2) is 72.8 Å². The first-order valence-electron chi connectivity index (χ1n) is 10.4. The van der Waals surface area contributed by atoms with Gasteiger partial charge in [0.2, 0.25) is 5.91 Å². The summed E-state index contributed by atoms with van der Waals surface area (Å²) < 4.78 is 5.80. The van der Waals surface area contributed by atoms with Crippen LogP contribution in [0.4, 0.5) is 5.69 Å². The van der Waals surface area contributed by atoms with E-state index in [-0.39, 0.29) is 24.5 Å². The minimum Gasteiger partial charge on any atom is -0.489 e. The van der Waals surface area contributed by atoms with Crippen LogP contribution in [0.25, 0.3) is 0 Å². The van der Waals surface area contributed by atoms with Gasteiger partial charge in [0.05, 0.1) is 17.7 Å². The summed E-state index contributed by atoms with van der Waals surface area (Å²) in [5, 5.41) is 15.0. The van der Waals surface area contributed by atoms with Gasteiger partial charge >= 0.3 is 0 Å². The van der Waals surface area contributed by atoms with Crippen molar-refractivity contribution in [3.63, 3.8) is 0 Å². The Bertz CT molecular complexity index is 1130. The summed E-state index contributed by atoms with van der Waals surface area (Å²) in [4.78, 5) is 24.2. The Kier molecular flexibility index (Phi) is 7.60. The average molecular weight is 428 g/mol. The molecule has 0 saturated carbocycles. The Morgan fingerprint density at radius 2 is 1.78 bits per heavy atom. The lowest BCUT2D eigenvalue weighted by atomic mass is 10.1. The molecule has 162 valence electrons. The normalized spacial score (nSPS) is 11.2. The van der Waals surface area contributed by atoms with Crippen molar-refractivity contribution in [2.75, 3.05) is 5.32 Å². The molecule has 3 aromatic carbocycles. The number of anilines is 1. The van der Waals surface area contributed by atoms with Crippen LogP contribution in [-0.4, -0.2) is 11.8 Å². The number of hydrogen-bond donors (Lipinski definition) is 2. The lowest BCUT2D eigenvalue weighted by Crippen LogP contribution is -2.26. The molecule has 0 aliphatic heterocycles. The first kappa shape index (κ1) is 22.6. The van der Waals surface area contributed by atoms with Gasteiger partial charge in [0.15, 0.2) is 0 Å². The van der Waals surface area contributed by atoms with Crippen molar-refractivity contribution in [1.82, 2.24) is 5.32 Å². The Morgan fingerprint density at radius 3 is 2.50 bits per heavy atom. The van der Waals surface area contributed by atoms with Crippen molar-refractivity contribution in [2.24, 2.45) is 0 Å². The van der Waals surface area contributed by atoms with Crippen molar-refractivity contribution >= 4 is 17.5 Å². The maximum atomic E-state index is 12.7. The molecule has 0 aromatic heterocycles. The number of nitrogens with one attached hydrogen (secondary N) is 2. The van der Waals surface area contributed by atoms with Crippen molar-refractivity contribution in [3.8, 4) is 11.8 Å². The number of carbonyl (C=O) groups excluding carboxylic acids is 2. The van der Waals surface area contributed by atoms with Gasteiger partial charge in [-0.05, 0) is 48.9 Å². The SMILES string of the molecule is CCC(=O)Nc1ccc(C(C)NC(=O)c2cccc(OCc3ccccc3C#N)c2)cc1. The predicted octanol–water partition coefficient (Wildman–Crippen LogP) is 4.98. The van der Waals surface area contributed by atoms with Crippen LogP contribution in [0.5, 0.6) is 5.75 Å². The average Bonchev–Trinajstić information content (AvgIpc) is 2.83. The highest BCUT2D eigenvalue weighted by Gasteiger charge is 2.13. The van der Waals surface area contributed by atoms with Gasteiger partial charge < -0.3 is 15.4 Å². The van der Waals surface area contributed by atoms with Crippen LogP contribution in [0.2, 0.25) is 0 Å². The lowest BCUT2D eigenvalue weighted by molar-refractivity contribution is -0.115. The van der Waals surface area contributed by atoms with Gasteiger partial charge in [-0.2, -0.15) is 5.26 Å². The molecular formula is C26H25N3O3. The first-order chi connectivity index (χ1) is 15.5. The van der Waals surface area contributed by atoms with E-state index in [0.29, 0.717) is 23.3 Å². The van der Waals surface area contributed by atoms with Crippen LogP contribution >= 0.6 is 0 Å². The largest absolute Gasteiger partial charge is 0.489 e. The van der Waals surface area contributed by atoms with E-state index in [2.05, 4.69) is 16.7 Å². The standard InChI is InChI=1S/C26H25N3O3/c1-3-25(30)29-23-13-11-19(12-14-23)18(2)28-26(31)20-9-6-10-24(15-20)32-17-22-8-5-4-7-21(22)16-27/h4-15,18H,3,17H2,1-2H3,(H,28,31)(H,29,30). The number of nitrogens with zero attached hydrogens (tertiary/aromatic N) is 1. The van der Waals surface area contributed by atoms with E-state index in [4.69, 9.17) is 4.74 Å². The fraction of sp³-hybridized carbons (Fsp3) is 0.192. The maximum absolute atomic E-state index is 12.7. The molecule has 0 heterocycles. The smallest absolute Gasteiger partial charge is 0.251 e. The summed E-state index contributed by atoms with van der Waals surface area (Å²) in [6.45, 7) is 3.94. The van der Waals surface area contributed by atoms with Crippen molar-refractivity contribution in [3.05, 3.63) is 95.1 Å². The van der Waals surface area contributed by atoms with Gasteiger partial charge in [0.25, 0.3) is 5.91 Å². The zero-order valence-electron chi connectivity index (χ0n) is 18.1. The third kappa shape index (κ3) is 5.96. The number of carbonyl (C=O) groups is 2. The summed E-state index contributed by atoms with van der Waals surface area (Å²) in [5.74, 6) is 0.287. The molecular weight excluding hydrogens is 402 g/mol. The molecule has 0 aliphatic rings. The fourth-order valence-corrected chi connectivity index (χ4v) is 3.11. The van der Waals surface area contributed by atoms with Crippen LogP contribution in [0.1, 0.15) is 53.4 Å². The van der Waals surface area contributed by atoms with E-state index in [1.165, 1.54) is 0 Å². The topological polar surface area (TPSA) is 91.2 Å². The zero-order chi connectivity index (χ0) is 22.9. The van der Waals surface area contributed by atoms with Crippen LogP contribution in [0.3, 0.4) is 0 Å². The molecule has 6 nitrogen and oxygen atoms in total. The van der Waals surface area contributed by atoms with Crippen molar-refractivity contribution in [2.45, 2.75) is 32.9 Å². The summed E-state index contributed by atoms with van der Waals surface area (Å²) in [7, 11) is 0. The quantitative estimate of drug-likeness (QED) is 0.531. The molecule has 1 atom stereocenters. The first-order valence-corrected chi connectivity index (χ1v) is 10.4. The highest BCUT2D eigenvalue weighted by atomic mass is 16.5. The number of nitriles is 1. The van der Waals surface area contributed by atoms with Crippen LogP contribution in [-0.2, 0) is 11.4 Å². The van der Waals surface area contributed by atoms with Gasteiger partial charge in [-0.3, -0.25) is 9.59 Å². The van der Waals surface area contributed by atoms with Gasteiger partial charge in [-0.1, -0.05) is 43.3 Å². The summed E-state index contributed by atoms with van der Waals surface area (Å²) in [5.41, 5.74) is 3.48. The highest BCUT2D eigenvalue weighted by molar-refractivity contribution is 5.95. The van der Waals surface area contributed by atoms with Gasteiger partial charge in [0, 0.05) is 23.2 Å². The van der Waals surface area contributed by atoms with Gasteiger partial charge in [0.1, 0.15) is 12.4 Å². The highest BCUT2D eigenvalue weighted by Crippen LogP contribution is 2.19. The van der Waals surface area contributed by atoms with Gasteiger partial charge in [-0.25, -0.2) is 0 Å². The molecule has 0 fully saturated rings. The van der Waals surface area contributed by atoms with E-state index < -0.39 is 0 Å². The second kappa shape index (κ2) is 10.8. The van der Waals surface area contributed by atoms with Crippen molar-refractivity contribution < 1.29 is 14.3 Å². The van der Waals surface area contributed by atoms with Crippen LogP contribution < -0.4 is 15.4 Å². The molecule has 6 heteroatoms. The second-order valence-corrected chi connectivity index (χ2v) is 7.30. The molecule has 32 heavy (non-hydrogen) atoms. The minimum atomic E-state index is -0.219. The predicted molar refractivity (Wildman–Crippen MR) is 123 cm³/mol. The summed E-state index contributed by atoms with van der Waals surface area (Å²) >= 11 is 0. The molecule has 3 aromatic rings. The maximum Gasteiger partial charge on any atom is 0.251 e. The number of benzene rings is 3. The van der Waals surface area contributed by atoms with E-state index in [0.717, 1.165) is 16.8 Å². The molecule has 2 amide bonds. The third-order valence-corrected chi connectivity index (χ3v) is 4.99. The number of amides is 2. The molecule has 3 rings (SSSR count). The molecule has 0 aliphatic carbocycles. The lowest BCUT2D eigenvalue weighted by Gasteiger charge is -2.16. The molecule has 0 saturated heterocycles. The van der Waals surface area contributed by atoms with E-state index >= 15 is 0 Å². The zero-order valence-corrected chi connectivity index (χ0v) is 18.1. The van der Waals surface area contributed by atoms with Gasteiger partial charge in [-0.15, -0.1) is 0 Å². The Hall–Kier alpha value is -4.11. The Morgan fingerprint density at radius 1 is 1.03 bits per heavy atom. The molecule has 1 unspecified atom stereocenters. The molecule has 0 spiro atoms. The number of hydrogen-bond acceptors (Lipinski definition) is 4. The molecule has 0 radical (unpaired) electrons. The van der Waals surface area contributed by atoms with E-state index in [1.807, 2.05) is 49.4 Å². The second-order valence-electron chi connectivity index (χ2n) is 7.30. The Labute approximate surface area is 187 Å². The van der Waals surface area contributed by atoms with Crippen molar-refractivity contribution in [1.29, 1.82) is 5.26 Å². The molecule has 0 bridgehead atoms. The Balaban J connectivity index is 1.61. The summed E-state index contributed by atoms with van der Waals surface area (Å²) in [6.07, 6.45) is 0.418. The summed E-state index contributed by atoms with van der Waals surface area (Å²) in [6, 6.07) is 23.5. The number of rotatable bonds is 8. The van der Waals surface area contributed by atoms with Crippen LogP contribution in [0, 0.1) is 11.3 Å². The fourth-order valence-electron chi connectivity index (χ4n) is 3.11. The van der Waals surface area contributed by atoms with E-state index in [9.17, 15) is 14.9 Å². The van der Waals surface area contributed by atoms with E-state index in [1.54, 1.807) is 37.3 Å².